The van der Waals surface area contributed by atoms with E-state index in [1.807, 2.05) is 55.5 Å². The Hall–Kier alpha value is -2.20. The molecule has 0 bridgehead atoms. The van der Waals surface area contributed by atoms with Crippen molar-refractivity contribution in [2.24, 2.45) is 0 Å². The van der Waals surface area contributed by atoms with Crippen LogP contribution in [0.4, 0.5) is 0 Å². The van der Waals surface area contributed by atoms with E-state index in [0.717, 1.165) is 37.8 Å². The molecular weight excluding hydrogens is 342 g/mol. The van der Waals surface area contributed by atoms with E-state index < -0.39 is 5.97 Å². The Morgan fingerprint density at radius 1 is 1.14 bits per heavy atom. The van der Waals surface area contributed by atoms with Crippen molar-refractivity contribution >= 4 is 32.7 Å². The molecule has 0 fully saturated rings. The molecule has 2 aromatic carbocycles. The molecule has 0 aliphatic rings. The lowest BCUT2D eigenvalue weighted by Crippen LogP contribution is -2.01. The van der Waals surface area contributed by atoms with Gasteiger partial charge in [0.25, 0.3) is 0 Å². The molecule has 0 aliphatic carbocycles. The lowest BCUT2D eigenvalue weighted by atomic mass is 9.98. The number of pyridine rings is 1. The van der Waals surface area contributed by atoms with Crippen molar-refractivity contribution in [3.63, 3.8) is 0 Å². The number of carbonyl (C=O) groups is 1. The third kappa shape index (κ3) is 2.88. The highest BCUT2D eigenvalue weighted by molar-refractivity contribution is 9.10. The SMILES string of the molecule is Cc1cc2c(CC(=O)O)cccc2c(-c2ccc(Br)cc2)n1. The Kier molecular flexibility index (Phi) is 3.94. The summed E-state index contributed by atoms with van der Waals surface area (Å²) in [5.41, 5.74) is 3.59. The van der Waals surface area contributed by atoms with Crippen molar-refractivity contribution in [3.8, 4) is 11.3 Å². The fourth-order valence-corrected chi connectivity index (χ4v) is 2.88. The zero-order valence-electron chi connectivity index (χ0n) is 12.0. The highest BCUT2D eigenvalue weighted by atomic mass is 79.9. The summed E-state index contributed by atoms with van der Waals surface area (Å²) >= 11 is 3.44. The molecule has 3 aromatic rings. The van der Waals surface area contributed by atoms with Crippen LogP contribution >= 0.6 is 15.9 Å². The molecule has 3 nitrogen and oxygen atoms in total. The quantitative estimate of drug-likeness (QED) is 0.746. The van der Waals surface area contributed by atoms with Crippen LogP contribution in [0.2, 0.25) is 0 Å². The van der Waals surface area contributed by atoms with Crippen LogP contribution in [0.25, 0.3) is 22.0 Å². The number of nitrogens with zero attached hydrogens (tertiary/aromatic N) is 1. The number of carboxylic acid groups (broad SMARTS) is 1. The highest BCUT2D eigenvalue weighted by Crippen LogP contribution is 2.30. The summed E-state index contributed by atoms with van der Waals surface area (Å²) in [5.74, 6) is -0.827. The Labute approximate surface area is 136 Å². The molecule has 0 saturated carbocycles. The Balaban J connectivity index is 2.27. The van der Waals surface area contributed by atoms with Gasteiger partial charge in [-0.1, -0.05) is 46.3 Å². The molecule has 1 heterocycles. The van der Waals surface area contributed by atoms with Gasteiger partial charge in [-0.3, -0.25) is 9.78 Å². The second kappa shape index (κ2) is 5.89. The maximum absolute atomic E-state index is 11.1. The summed E-state index contributed by atoms with van der Waals surface area (Å²) in [5, 5.41) is 11.0. The smallest absolute Gasteiger partial charge is 0.307 e. The van der Waals surface area contributed by atoms with Crippen molar-refractivity contribution in [1.29, 1.82) is 0 Å². The average molecular weight is 356 g/mol. The number of rotatable bonds is 3. The maximum Gasteiger partial charge on any atom is 0.307 e. The van der Waals surface area contributed by atoms with Crippen LogP contribution in [0.1, 0.15) is 11.3 Å². The molecule has 0 spiro atoms. The minimum atomic E-state index is -0.827. The molecule has 3 rings (SSSR count). The van der Waals surface area contributed by atoms with Crippen molar-refractivity contribution in [2.75, 3.05) is 0 Å². The fraction of sp³-hybridized carbons (Fsp3) is 0.111. The molecule has 110 valence electrons. The summed E-state index contributed by atoms with van der Waals surface area (Å²) in [6.07, 6.45) is 0.0145. The van der Waals surface area contributed by atoms with Gasteiger partial charge in [-0.2, -0.15) is 0 Å². The van der Waals surface area contributed by atoms with Gasteiger partial charge in [-0.05, 0) is 36.1 Å². The van der Waals surface area contributed by atoms with Gasteiger partial charge in [0.1, 0.15) is 0 Å². The number of aliphatic carboxylic acids is 1. The molecule has 0 saturated heterocycles. The molecule has 0 amide bonds. The summed E-state index contributed by atoms with van der Waals surface area (Å²) in [4.78, 5) is 15.7. The van der Waals surface area contributed by atoms with Gasteiger partial charge in [0.15, 0.2) is 0 Å². The number of aromatic nitrogens is 1. The standard InChI is InChI=1S/C18H14BrNO2/c1-11-9-16-13(10-17(21)22)3-2-4-15(16)18(20-11)12-5-7-14(19)8-6-12/h2-9H,10H2,1H3,(H,21,22). The normalized spacial score (nSPS) is 10.8. The minimum Gasteiger partial charge on any atom is -0.481 e. The van der Waals surface area contributed by atoms with E-state index in [0.29, 0.717) is 0 Å². The molecule has 1 aromatic heterocycles. The molecule has 0 radical (unpaired) electrons. The van der Waals surface area contributed by atoms with Crippen LogP contribution in [0, 0.1) is 6.92 Å². The third-order valence-corrected chi connectivity index (χ3v) is 4.08. The zero-order chi connectivity index (χ0) is 15.7. The molecule has 4 heteroatoms. The molecule has 0 aliphatic heterocycles. The molecular formula is C18H14BrNO2. The van der Waals surface area contributed by atoms with E-state index in [4.69, 9.17) is 5.11 Å². The van der Waals surface area contributed by atoms with Gasteiger partial charge in [0.2, 0.25) is 0 Å². The number of hydrogen-bond donors (Lipinski definition) is 1. The van der Waals surface area contributed by atoms with Gasteiger partial charge >= 0.3 is 5.97 Å². The van der Waals surface area contributed by atoms with E-state index in [1.165, 1.54) is 0 Å². The van der Waals surface area contributed by atoms with Crippen molar-refractivity contribution in [3.05, 3.63) is 64.3 Å². The van der Waals surface area contributed by atoms with Gasteiger partial charge in [0.05, 0.1) is 12.1 Å². The first-order chi connectivity index (χ1) is 10.5. The highest BCUT2D eigenvalue weighted by Gasteiger charge is 2.11. The number of benzene rings is 2. The van der Waals surface area contributed by atoms with E-state index in [9.17, 15) is 4.79 Å². The molecule has 0 atom stereocenters. The monoisotopic (exact) mass is 355 g/mol. The van der Waals surface area contributed by atoms with Crippen LogP contribution < -0.4 is 0 Å². The fourth-order valence-electron chi connectivity index (χ4n) is 2.61. The van der Waals surface area contributed by atoms with E-state index in [2.05, 4.69) is 20.9 Å². The summed E-state index contributed by atoms with van der Waals surface area (Å²) in [6, 6.07) is 15.7. The predicted octanol–water partition coefficient (Wildman–Crippen LogP) is 4.60. The largest absolute Gasteiger partial charge is 0.481 e. The van der Waals surface area contributed by atoms with Crippen LogP contribution in [0.15, 0.2) is 53.0 Å². The van der Waals surface area contributed by atoms with E-state index >= 15 is 0 Å². The lowest BCUT2D eigenvalue weighted by Gasteiger charge is -2.11. The van der Waals surface area contributed by atoms with Crippen molar-refractivity contribution in [1.82, 2.24) is 4.98 Å². The lowest BCUT2D eigenvalue weighted by molar-refractivity contribution is -0.136. The number of halogens is 1. The summed E-state index contributed by atoms with van der Waals surface area (Å²) < 4.78 is 1.01. The number of fused-ring (bicyclic) bond motifs is 1. The molecule has 0 unspecified atom stereocenters. The van der Waals surface area contributed by atoms with Gasteiger partial charge < -0.3 is 5.11 Å². The third-order valence-electron chi connectivity index (χ3n) is 3.55. The first kappa shape index (κ1) is 14.7. The number of hydrogen-bond acceptors (Lipinski definition) is 2. The summed E-state index contributed by atoms with van der Waals surface area (Å²) in [7, 11) is 0. The van der Waals surface area contributed by atoms with Crippen molar-refractivity contribution < 1.29 is 9.90 Å². The number of carboxylic acids is 1. The first-order valence-corrected chi connectivity index (χ1v) is 7.71. The Morgan fingerprint density at radius 3 is 2.55 bits per heavy atom. The van der Waals surface area contributed by atoms with Gasteiger partial charge in [-0.15, -0.1) is 0 Å². The molecule has 1 N–H and O–H groups in total. The zero-order valence-corrected chi connectivity index (χ0v) is 13.6. The topological polar surface area (TPSA) is 50.2 Å². The second-order valence-corrected chi connectivity index (χ2v) is 6.12. The summed E-state index contributed by atoms with van der Waals surface area (Å²) in [6.45, 7) is 1.93. The minimum absolute atomic E-state index is 0.0145. The van der Waals surface area contributed by atoms with Crippen molar-refractivity contribution in [2.45, 2.75) is 13.3 Å². The van der Waals surface area contributed by atoms with Crippen LogP contribution in [-0.4, -0.2) is 16.1 Å². The van der Waals surface area contributed by atoms with E-state index in [-0.39, 0.29) is 6.42 Å². The first-order valence-electron chi connectivity index (χ1n) is 6.91. The Bertz CT molecular complexity index is 857. The van der Waals surface area contributed by atoms with Crippen LogP contribution in [-0.2, 0) is 11.2 Å². The van der Waals surface area contributed by atoms with Crippen LogP contribution in [0.5, 0.6) is 0 Å². The predicted molar refractivity (Wildman–Crippen MR) is 91.0 cm³/mol. The van der Waals surface area contributed by atoms with E-state index in [1.54, 1.807) is 0 Å². The second-order valence-electron chi connectivity index (χ2n) is 5.20. The maximum atomic E-state index is 11.1. The average Bonchev–Trinajstić information content (AvgIpc) is 2.47. The van der Waals surface area contributed by atoms with Gasteiger partial charge in [0, 0.05) is 21.1 Å². The van der Waals surface area contributed by atoms with Crippen LogP contribution in [0.3, 0.4) is 0 Å². The Morgan fingerprint density at radius 2 is 1.86 bits per heavy atom. The van der Waals surface area contributed by atoms with Gasteiger partial charge in [-0.25, -0.2) is 0 Å². The number of aryl methyl sites for hydroxylation is 1. The molecule has 22 heavy (non-hydrogen) atoms.